The largest absolute Gasteiger partial charge is 0.457 e. The predicted molar refractivity (Wildman–Crippen MR) is 73.2 cm³/mol. The first-order valence-electron chi connectivity index (χ1n) is 6.88. The minimum absolute atomic E-state index is 0.262. The zero-order chi connectivity index (χ0) is 16.3. The Morgan fingerprint density at radius 1 is 1.45 bits per heavy atom. The van der Waals surface area contributed by atoms with E-state index in [-0.39, 0.29) is 12.1 Å². The van der Waals surface area contributed by atoms with Crippen molar-refractivity contribution in [2.75, 3.05) is 6.54 Å². The number of fused-ring (bicyclic) bond motifs is 1. The van der Waals surface area contributed by atoms with E-state index in [4.69, 9.17) is 13.7 Å². The predicted octanol–water partition coefficient (Wildman–Crippen LogP) is -0.751. The van der Waals surface area contributed by atoms with E-state index in [1.807, 2.05) is 0 Å². The maximum absolute atomic E-state index is 12.1. The number of hydrogen-bond donors (Lipinski definition) is 1. The van der Waals surface area contributed by atoms with Crippen molar-refractivity contribution < 1.29 is 31.7 Å². The van der Waals surface area contributed by atoms with Gasteiger partial charge in [0, 0.05) is 12.0 Å². The Labute approximate surface area is 127 Å². The molecular formula is C13H17NO7S. The number of esters is 1. The van der Waals surface area contributed by atoms with Crippen LogP contribution in [0.3, 0.4) is 0 Å². The Balaban J connectivity index is 1.68. The molecule has 5 unspecified atom stereocenters. The lowest BCUT2D eigenvalue weighted by molar-refractivity contribution is -0.151. The van der Waals surface area contributed by atoms with Gasteiger partial charge in [0.25, 0.3) is 10.1 Å². The van der Waals surface area contributed by atoms with E-state index >= 15 is 0 Å². The average Bonchev–Trinajstić information content (AvgIpc) is 2.88. The molecule has 2 bridgehead atoms. The molecule has 0 saturated carbocycles. The first kappa shape index (κ1) is 15.4. The summed E-state index contributed by atoms with van der Waals surface area (Å²) < 4.78 is 40.1. The Morgan fingerprint density at radius 3 is 2.77 bits per heavy atom. The first-order valence-corrected chi connectivity index (χ1v) is 8.35. The summed E-state index contributed by atoms with van der Waals surface area (Å²) in [6.45, 7) is 6.25. The van der Waals surface area contributed by atoms with Crippen molar-refractivity contribution in [2.24, 2.45) is 0 Å². The van der Waals surface area contributed by atoms with Gasteiger partial charge in [-0.1, -0.05) is 6.58 Å². The molecule has 3 fully saturated rings. The van der Waals surface area contributed by atoms with Crippen LogP contribution in [0.5, 0.6) is 0 Å². The Kier molecular flexibility index (Phi) is 3.35. The highest BCUT2D eigenvalue weighted by Crippen LogP contribution is 2.54. The van der Waals surface area contributed by atoms with Crippen molar-refractivity contribution in [1.82, 2.24) is 5.32 Å². The number of amides is 1. The molecule has 0 spiro atoms. The molecule has 9 heteroatoms. The molecule has 3 rings (SSSR count). The van der Waals surface area contributed by atoms with Gasteiger partial charge in [0.15, 0.2) is 11.4 Å². The van der Waals surface area contributed by atoms with Crippen molar-refractivity contribution in [2.45, 2.75) is 49.4 Å². The molecule has 0 aliphatic carbocycles. The monoisotopic (exact) mass is 331 g/mol. The number of hydrogen-bond acceptors (Lipinski definition) is 7. The maximum atomic E-state index is 12.1. The SMILES string of the molecule is C=C(C)C(=O)NCC(=O)OC1C2CC3OS(=O)(=O)C1C3(C)O2. The van der Waals surface area contributed by atoms with E-state index in [1.54, 1.807) is 6.92 Å². The van der Waals surface area contributed by atoms with Crippen LogP contribution in [-0.4, -0.2) is 56.0 Å². The highest BCUT2D eigenvalue weighted by atomic mass is 32.2. The highest BCUT2D eigenvalue weighted by molar-refractivity contribution is 7.87. The van der Waals surface area contributed by atoms with Crippen LogP contribution >= 0.6 is 0 Å². The molecule has 0 aromatic rings. The fraction of sp³-hybridized carbons (Fsp3) is 0.692. The van der Waals surface area contributed by atoms with E-state index in [0.29, 0.717) is 6.42 Å². The van der Waals surface area contributed by atoms with Gasteiger partial charge in [0.2, 0.25) is 5.91 Å². The second kappa shape index (κ2) is 4.77. The topological polar surface area (TPSA) is 108 Å². The molecule has 0 aromatic heterocycles. The van der Waals surface area contributed by atoms with Gasteiger partial charge in [-0.2, -0.15) is 8.42 Å². The number of carbonyl (C=O) groups is 2. The molecule has 22 heavy (non-hydrogen) atoms. The van der Waals surface area contributed by atoms with E-state index in [9.17, 15) is 18.0 Å². The van der Waals surface area contributed by atoms with Gasteiger partial charge < -0.3 is 14.8 Å². The fourth-order valence-electron chi connectivity index (χ4n) is 3.31. The molecule has 3 aliphatic rings. The van der Waals surface area contributed by atoms with Gasteiger partial charge >= 0.3 is 5.97 Å². The summed E-state index contributed by atoms with van der Waals surface area (Å²) >= 11 is 0. The van der Waals surface area contributed by atoms with Crippen LogP contribution < -0.4 is 5.32 Å². The summed E-state index contributed by atoms with van der Waals surface area (Å²) in [5.74, 6) is -1.19. The van der Waals surface area contributed by atoms with Gasteiger partial charge in [0.1, 0.15) is 18.2 Å². The van der Waals surface area contributed by atoms with Crippen molar-refractivity contribution in [3.8, 4) is 0 Å². The van der Waals surface area contributed by atoms with Crippen LogP contribution in [0.1, 0.15) is 20.3 Å². The average molecular weight is 331 g/mol. The molecule has 3 heterocycles. The lowest BCUT2D eigenvalue weighted by Crippen LogP contribution is -2.50. The Morgan fingerprint density at radius 2 is 2.14 bits per heavy atom. The Hall–Kier alpha value is -1.45. The molecule has 0 radical (unpaired) electrons. The smallest absolute Gasteiger partial charge is 0.325 e. The quantitative estimate of drug-likeness (QED) is 0.410. The van der Waals surface area contributed by atoms with E-state index in [2.05, 4.69) is 11.9 Å². The lowest BCUT2D eigenvalue weighted by Gasteiger charge is -2.26. The van der Waals surface area contributed by atoms with Crippen LogP contribution in [0.4, 0.5) is 0 Å². The third-order valence-electron chi connectivity index (χ3n) is 4.33. The minimum atomic E-state index is -3.83. The summed E-state index contributed by atoms with van der Waals surface area (Å²) in [7, 11) is -3.83. The standard InChI is InChI=1S/C13H17NO7S/c1-6(2)12(16)14-5-9(15)19-10-7-4-8-13(3,20-7)11(10)22(17,18)21-8/h7-8,10-11H,1,4-5H2,2-3H3,(H,14,16). The molecule has 1 amide bonds. The van der Waals surface area contributed by atoms with Crippen LogP contribution in [0.15, 0.2) is 12.2 Å². The lowest BCUT2D eigenvalue weighted by atomic mass is 9.85. The number of ether oxygens (including phenoxy) is 2. The molecule has 5 atom stereocenters. The second-order valence-electron chi connectivity index (χ2n) is 5.99. The highest BCUT2D eigenvalue weighted by Gasteiger charge is 2.74. The summed E-state index contributed by atoms with van der Waals surface area (Å²) in [6, 6.07) is 0. The summed E-state index contributed by atoms with van der Waals surface area (Å²) in [5.41, 5.74) is -0.715. The maximum Gasteiger partial charge on any atom is 0.325 e. The van der Waals surface area contributed by atoms with E-state index in [0.717, 1.165) is 0 Å². The van der Waals surface area contributed by atoms with E-state index in [1.165, 1.54) is 6.92 Å². The van der Waals surface area contributed by atoms with Gasteiger partial charge in [-0.05, 0) is 13.8 Å². The number of rotatable bonds is 4. The normalized spacial score (nSPS) is 40.5. The summed E-state index contributed by atoms with van der Waals surface area (Å²) in [5, 5.41) is 1.32. The minimum Gasteiger partial charge on any atom is -0.457 e. The summed E-state index contributed by atoms with van der Waals surface area (Å²) in [4.78, 5) is 23.2. The van der Waals surface area contributed by atoms with Gasteiger partial charge in [-0.3, -0.25) is 13.8 Å². The van der Waals surface area contributed by atoms with Crippen LogP contribution in [-0.2, 0) is 33.4 Å². The first-order chi connectivity index (χ1) is 10.1. The zero-order valence-corrected chi connectivity index (χ0v) is 13.0. The van der Waals surface area contributed by atoms with E-state index < -0.39 is 51.2 Å². The van der Waals surface area contributed by atoms with Gasteiger partial charge in [-0.25, -0.2) is 0 Å². The van der Waals surface area contributed by atoms with Crippen LogP contribution in [0.2, 0.25) is 0 Å². The van der Waals surface area contributed by atoms with Crippen molar-refractivity contribution in [3.63, 3.8) is 0 Å². The third kappa shape index (κ3) is 2.15. The molecule has 3 aliphatic heterocycles. The molecular weight excluding hydrogens is 314 g/mol. The van der Waals surface area contributed by atoms with Gasteiger partial charge in [-0.15, -0.1) is 0 Å². The van der Waals surface area contributed by atoms with Crippen LogP contribution in [0.25, 0.3) is 0 Å². The molecule has 122 valence electrons. The molecule has 3 saturated heterocycles. The number of carbonyl (C=O) groups excluding carboxylic acids is 2. The van der Waals surface area contributed by atoms with Crippen LogP contribution in [0, 0.1) is 0 Å². The number of nitrogens with one attached hydrogen (secondary N) is 1. The Bertz CT molecular complexity index is 657. The third-order valence-corrected chi connectivity index (χ3v) is 6.19. The van der Waals surface area contributed by atoms with Crippen molar-refractivity contribution >= 4 is 22.0 Å². The molecule has 0 aromatic carbocycles. The van der Waals surface area contributed by atoms with Crippen molar-refractivity contribution in [1.29, 1.82) is 0 Å². The zero-order valence-electron chi connectivity index (χ0n) is 12.2. The summed E-state index contributed by atoms with van der Waals surface area (Å²) in [6.07, 6.45) is -1.57. The molecule has 1 N–H and O–H groups in total. The fourth-order valence-corrected chi connectivity index (χ4v) is 5.36. The molecule has 8 nitrogen and oxygen atoms in total. The van der Waals surface area contributed by atoms with Gasteiger partial charge in [0.05, 0.1) is 6.10 Å². The van der Waals surface area contributed by atoms with Crippen molar-refractivity contribution in [3.05, 3.63) is 12.2 Å². The second-order valence-corrected chi connectivity index (χ2v) is 7.68.